The molecule has 0 unspecified atom stereocenters. The predicted octanol–water partition coefficient (Wildman–Crippen LogP) is 4.04. The van der Waals surface area contributed by atoms with Crippen molar-refractivity contribution < 1.29 is 13.2 Å². The van der Waals surface area contributed by atoms with Crippen LogP contribution in [0.2, 0.25) is 0 Å². The van der Waals surface area contributed by atoms with Crippen molar-refractivity contribution in [3.63, 3.8) is 0 Å². The van der Waals surface area contributed by atoms with Crippen molar-refractivity contribution in [2.24, 2.45) is 0 Å². The minimum atomic E-state index is -3.69. The molecule has 1 amide bonds. The fraction of sp³-hybridized carbons (Fsp3) is 0.565. The third-order valence-electron chi connectivity index (χ3n) is 5.38. The molecule has 0 atom stereocenters. The molecule has 2 aromatic rings. The van der Waals surface area contributed by atoms with E-state index in [-0.39, 0.29) is 16.4 Å². The van der Waals surface area contributed by atoms with Crippen LogP contribution in [0.15, 0.2) is 34.0 Å². The van der Waals surface area contributed by atoms with Crippen molar-refractivity contribution in [2.45, 2.75) is 70.6 Å². The maximum atomic E-state index is 13.1. The summed E-state index contributed by atoms with van der Waals surface area (Å²) in [6.45, 7) is 7.32. The quantitative estimate of drug-likeness (QED) is 0.451. The Hall–Kier alpha value is -2.19. The SMILES string of the molecule is CCCCCCCNC(=O)c1cc(=O)[nH]c2ccc(S(=O)(=O)N(CC)CCCC)cc12. The lowest BCUT2D eigenvalue weighted by atomic mass is 10.1. The Morgan fingerprint density at radius 2 is 1.71 bits per heavy atom. The van der Waals surface area contributed by atoms with Crippen LogP contribution in [0.3, 0.4) is 0 Å². The number of carbonyl (C=O) groups is 1. The third-order valence-corrected chi connectivity index (χ3v) is 7.35. The number of aromatic nitrogens is 1. The molecule has 1 heterocycles. The number of pyridine rings is 1. The zero-order valence-electron chi connectivity index (χ0n) is 18.9. The van der Waals surface area contributed by atoms with E-state index in [1.165, 1.54) is 28.9 Å². The first-order chi connectivity index (χ1) is 14.8. The molecule has 0 aliphatic carbocycles. The zero-order chi connectivity index (χ0) is 22.9. The van der Waals surface area contributed by atoms with Gasteiger partial charge in [0.15, 0.2) is 0 Å². The third kappa shape index (κ3) is 6.64. The van der Waals surface area contributed by atoms with Gasteiger partial charge in [-0.1, -0.05) is 52.9 Å². The average molecular weight is 450 g/mol. The van der Waals surface area contributed by atoms with Gasteiger partial charge in [0.25, 0.3) is 5.91 Å². The molecule has 1 aromatic carbocycles. The molecule has 172 valence electrons. The minimum Gasteiger partial charge on any atom is -0.352 e. The molecule has 0 saturated heterocycles. The molecular weight excluding hydrogens is 414 g/mol. The van der Waals surface area contributed by atoms with Crippen LogP contribution < -0.4 is 10.9 Å². The molecule has 2 rings (SSSR count). The fourth-order valence-corrected chi connectivity index (χ4v) is 5.05. The number of nitrogens with zero attached hydrogens (tertiary/aromatic N) is 1. The molecule has 0 bridgehead atoms. The van der Waals surface area contributed by atoms with E-state index in [0.29, 0.717) is 30.5 Å². The van der Waals surface area contributed by atoms with Crippen LogP contribution in [0.4, 0.5) is 0 Å². The van der Waals surface area contributed by atoms with Gasteiger partial charge < -0.3 is 10.3 Å². The van der Waals surface area contributed by atoms with Crippen molar-refractivity contribution in [3.8, 4) is 0 Å². The molecule has 0 saturated carbocycles. The van der Waals surface area contributed by atoms with E-state index in [1.54, 1.807) is 6.07 Å². The van der Waals surface area contributed by atoms with Crippen LogP contribution in [0.1, 0.15) is 76.1 Å². The monoisotopic (exact) mass is 449 g/mol. The summed E-state index contributed by atoms with van der Waals surface area (Å²) in [6, 6.07) is 5.77. The highest BCUT2D eigenvalue weighted by Gasteiger charge is 2.24. The van der Waals surface area contributed by atoms with Crippen LogP contribution in [0.5, 0.6) is 0 Å². The number of amides is 1. The van der Waals surface area contributed by atoms with Crippen molar-refractivity contribution in [1.29, 1.82) is 0 Å². The van der Waals surface area contributed by atoms with E-state index in [1.807, 2.05) is 13.8 Å². The van der Waals surface area contributed by atoms with Crippen LogP contribution in [-0.2, 0) is 10.0 Å². The smallest absolute Gasteiger partial charge is 0.252 e. The molecule has 31 heavy (non-hydrogen) atoms. The van der Waals surface area contributed by atoms with Gasteiger partial charge in [-0.25, -0.2) is 8.42 Å². The number of aromatic amines is 1. The molecule has 1 aromatic heterocycles. The second kappa shape index (κ2) is 12.0. The molecule has 0 aliphatic rings. The Bertz CT molecular complexity index is 1030. The summed E-state index contributed by atoms with van der Waals surface area (Å²) in [4.78, 5) is 27.6. The fourth-order valence-electron chi connectivity index (χ4n) is 3.54. The molecule has 0 fully saturated rings. The number of benzene rings is 1. The van der Waals surface area contributed by atoms with Gasteiger partial charge in [0.1, 0.15) is 0 Å². The van der Waals surface area contributed by atoms with Gasteiger partial charge in [-0.05, 0) is 31.0 Å². The Morgan fingerprint density at radius 3 is 2.39 bits per heavy atom. The summed E-state index contributed by atoms with van der Waals surface area (Å²) < 4.78 is 27.7. The van der Waals surface area contributed by atoms with Gasteiger partial charge in [0.05, 0.1) is 10.5 Å². The largest absolute Gasteiger partial charge is 0.352 e. The van der Waals surface area contributed by atoms with Crippen molar-refractivity contribution in [2.75, 3.05) is 19.6 Å². The number of carbonyl (C=O) groups excluding carboxylic acids is 1. The van der Waals surface area contributed by atoms with Gasteiger partial charge in [0.2, 0.25) is 15.6 Å². The van der Waals surface area contributed by atoms with E-state index in [2.05, 4.69) is 17.2 Å². The summed E-state index contributed by atoms with van der Waals surface area (Å²) in [5, 5.41) is 3.29. The number of nitrogens with one attached hydrogen (secondary N) is 2. The number of fused-ring (bicyclic) bond motifs is 1. The Balaban J connectivity index is 2.31. The van der Waals surface area contributed by atoms with Crippen molar-refractivity contribution in [1.82, 2.24) is 14.6 Å². The molecule has 0 spiro atoms. The van der Waals surface area contributed by atoms with E-state index in [9.17, 15) is 18.0 Å². The number of sulfonamides is 1. The zero-order valence-corrected chi connectivity index (χ0v) is 19.7. The van der Waals surface area contributed by atoms with Crippen LogP contribution in [0.25, 0.3) is 10.9 Å². The van der Waals surface area contributed by atoms with Crippen LogP contribution >= 0.6 is 0 Å². The first-order valence-corrected chi connectivity index (χ1v) is 12.7. The first kappa shape index (κ1) is 25.1. The lowest BCUT2D eigenvalue weighted by Crippen LogP contribution is -2.32. The number of rotatable bonds is 13. The van der Waals surface area contributed by atoms with Crippen LogP contribution in [0, 0.1) is 0 Å². The van der Waals surface area contributed by atoms with E-state index in [0.717, 1.165) is 38.5 Å². The maximum Gasteiger partial charge on any atom is 0.252 e. The van der Waals surface area contributed by atoms with E-state index < -0.39 is 15.6 Å². The van der Waals surface area contributed by atoms with E-state index in [4.69, 9.17) is 0 Å². The number of unbranched alkanes of at least 4 members (excludes halogenated alkanes) is 5. The van der Waals surface area contributed by atoms with Gasteiger partial charge in [-0.3, -0.25) is 9.59 Å². The Labute approximate surface area is 185 Å². The first-order valence-electron chi connectivity index (χ1n) is 11.3. The standard InChI is InChI=1S/C23H35N3O4S/c1-4-7-9-10-11-14-24-23(28)20-17-22(27)25-21-13-12-18(16-19(20)21)31(29,30)26(6-3)15-8-5-2/h12-13,16-17H,4-11,14-15H2,1-3H3,(H,24,28)(H,25,27). The second-order valence-corrected chi connectivity index (χ2v) is 9.71. The molecule has 0 aliphatic heterocycles. The van der Waals surface area contributed by atoms with Crippen LogP contribution in [-0.4, -0.2) is 43.2 Å². The van der Waals surface area contributed by atoms with Gasteiger partial charge in [0, 0.05) is 36.6 Å². The topological polar surface area (TPSA) is 99.3 Å². The Morgan fingerprint density at radius 1 is 1.00 bits per heavy atom. The lowest BCUT2D eigenvalue weighted by Gasteiger charge is -2.20. The molecule has 2 N–H and O–H groups in total. The highest BCUT2D eigenvalue weighted by Crippen LogP contribution is 2.23. The van der Waals surface area contributed by atoms with E-state index >= 15 is 0 Å². The highest BCUT2D eigenvalue weighted by atomic mass is 32.2. The average Bonchev–Trinajstić information content (AvgIpc) is 2.75. The number of hydrogen-bond acceptors (Lipinski definition) is 4. The second-order valence-electron chi connectivity index (χ2n) is 7.78. The summed E-state index contributed by atoms with van der Waals surface area (Å²) >= 11 is 0. The summed E-state index contributed by atoms with van der Waals surface area (Å²) in [7, 11) is -3.69. The van der Waals surface area contributed by atoms with Crippen molar-refractivity contribution in [3.05, 3.63) is 40.2 Å². The summed E-state index contributed by atoms with van der Waals surface area (Å²) in [5.74, 6) is -0.362. The Kier molecular flexibility index (Phi) is 9.71. The van der Waals surface area contributed by atoms with Gasteiger partial charge in [-0.15, -0.1) is 0 Å². The van der Waals surface area contributed by atoms with Gasteiger partial charge in [-0.2, -0.15) is 4.31 Å². The lowest BCUT2D eigenvalue weighted by molar-refractivity contribution is 0.0954. The van der Waals surface area contributed by atoms with Crippen molar-refractivity contribution >= 4 is 26.8 Å². The molecular formula is C23H35N3O4S. The summed E-state index contributed by atoms with van der Waals surface area (Å²) in [6.07, 6.45) is 7.05. The summed E-state index contributed by atoms with van der Waals surface area (Å²) in [5.41, 5.74) is 0.242. The molecule has 8 heteroatoms. The predicted molar refractivity (Wildman–Crippen MR) is 125 cm³/mol. The molecule has 7 nitrogen and oxygen atoms in total. The minimum absolute atomic E-state index is 0.124. The maximum absolute atomic E-state index is 13.1. The number of hydrogen-bond donors (Lipinski definition) is 2. The molecule has 0 radical (unpaired) electrons. The normalized spacial score (nSPS) is 11.9. The van der Waals surface area contributed by atoms with Gasteiger partial charge >= 0.3 is 0 Å². The number of H-pyrrole nitrogens is 1. The highest BCUT2D eigenvalue weighted by molar-refractivity contribution is 7.89.